The molecule has 0 fully saturated rings. The summed E-state index contributed by atoms with van der Waals surface area (Å²) in [6.07, 6.45) is 0.811. The molecule has 68 valence electrons. The van der Waals surface area contributed by atoms with Crippen LogP contribution in [0.1, 0.15) is 18.4 Å². The van der Waals surface area contributed by atoms with Crippen molar-refractivity contribution in [3.8, 4) is 0 Å². The van der Waals surface area contributed by atoms with Gasteiger partial charge in [0.25, 0.3) is 0 Å². The lowest BCUT2D eigenvalue weighted by molar-refractivity contribution is 0.538. The standard InChI is InChI=1S/C10H10ClNO/c1-3-10-12-8-4-6(2)7(11)5-9(8)13-10/h4-5H,3H2,1-2H3. The molecule has 3 heteroatoms. The number of rotatable bonds is 1. The molecule has 1 heterocycles. The zero-order valence-corrected chi connectivity index (χ0v) is 8.35. The van der Waals surface area contributed by atoms with E-state index in [1.165, 1.54) is 0 Å². The minimum absolute atomic E-state index is 0.728. The third-order valence-corrected chi connectivity index (χ3v) is 2.42. The number of oxazole rings is 1. The molecule has 1 aromatic carbocycles. The van der Waals surface area contributed by atoms with Gasteiger partial charge < -0.3 is 4.42 Å². The Balaban J connectivity index is 2.70. The van der Waals surface area contributed by atoms with Crippen LogP contribution in [0.2, 0.25) is 5.02 Å². The van der Waals surface area contributed by atoms with Crippen LogP contribution in [0.25, 0.3) is 11.1 Å². The van der Waals surface area contributed by atoms with E-state index in [1.54, 1.807) is 0 Å². The number of hydrogen-bond acceptors (Lipinski definition) is 2. The number of halogens is 1. The minimum Gasteiger partial charge on any atom is -0.441 e. The molecule has 0 aliphatic carbocycles. The lowest BCUT2D eigenvalue weighted by atomic mass is 10.2. The highest BCUT2D eigenvalue weighted by atomic mass is 35.5. The average molecular weight is 196 g/mol. The Hall–Kier alpha value is -1.02. The van der Waals surface area contributed by atoms with Gasteiger partial charge in [-0.25, -0.2) is 4.98 Å². The summed E-state index contributed by atoms with van der Waals surface area (Å²) in [5, 5.41) is 0.728. The molecule has 2 rings (SSSR count). The topological polar surface area (TPSA) is 26.0 Å². The number of hydrogen-bond donors (Lipinski definition) is 0. The number of nitrogens with zero attached hydrogens (tertiary/aromatic N) is 1. The van der Waals surface area contributed by atoms with Gasteiger partial charge in [-0.1, -0.05) is 18.5 Å². The summed E-state index contributed by atoms with van der Waals surface area (Å²) < 4.78 is 5.46. The van der Waals surface area contributed by atoms with Crippen LogP contribution in [0.4, 0.5) is 0 Å². The van der Waals surface area contributed by atoms with Gasteiger partial charge in [0.2, 0.25) is 0 Å². The second-order valence-corrected chi connectivity index (χ2v) is 3.44. The smallest absolute Gasteiger partial charge is 0.195 e. The lowest BCUT2D eigenvalue weighted by Crippen LogP contribution is -1.77. The van der Waals surface area contributed by atoms with Crippen molar-refractivity contribution >= 4 is 22.7 Å². The van der Waals surface area contributed by atoms with E-state index >= 15 is 0 Å². The highest BCUT2D eigenvalue weighted by Gasteiger charge is 2.06. The van der Waals surface area contributed by atoms with Gasteiger partial charge in [0.05, 0.1) is 0 Å². The quantitative estimate of drug-likeness (QED) is 0.698. The van der Waals surface area contributed by atoms with Crippen molar-refractivity contribution in [2.75, 3.05) is 0 Å². The molecule has 0 N–H and O–H groups in total. The maximum atomic E-state index is 5.95. The molecule has 0 saturated heterocycles. The van der Waals surface area contributed by atoms with Crippen molar-refractivity contribution in [3.63, 3.8) is 0 Å². The fraction of sp³-hybridized carbons (Fsp3) is 0.300. The molecule has 0 bridgehead atoms. The summed E-state index contributed by atoms with van der Waals surface area (Å²) in [6.45, 7) is 3.97. The highest BCUT2D eigenvalue weighted by molar-refractivity contribution is 6.31. The fourth-order valence-corrected chi connectivity index (χ4v) is 1.41. The van der Waals surface area contributed by atoms with Crippen molar-refractivity contribution in [1.82, 2.24) is 4.98 Å². The first-order valence-electron chi connectivity index (χ1n) is 4.26. The second-order valence-electron chi connectivity index (χ2n) is 3.03. The SMILES string of the molecule is CCc1nc2cc(C)c(Cl)cc2o1. The van der Waals surface area contributed by atoms with Gasteiger partial charge in [-0.05, 0) is 18.6 Å². The predicted molar refractivity (Wildman–Crippen MR) is 53.1 cm³/mol. The lowest BCUT2D eigenvalue weighted by Gasteiger charge is -1.93. The number of benzene rings is 1. The number of fused-ring (bicyclic) bond motifs is 1. The van der Waals surface area contributed by atoms with Crippen LogP contribution in [0.3, 0.4) is 0 Å². The molecular weight excluding hydrogens is 186 g/mol. The zero-order chi connectivity index (χ0) is 9.42. The molecule has 0 spiro atoms. The molecule has 0 radical (unpaired) electrons. The first-order chi connectivity index (χ1) is 6.20. The predicted octanol–water partition coefficient (Wildman–Crippen LogP) is 3.35. The second kappa shape index (κ2) is 3.04. The largest absolute Gasteiger partial charge is 0.441 e. The summed E-state index contributed by atoms with van der Waals surface area (Å²) in [4.78, 5) is 4.31. The third kappa shape index (κ3) is 1.42. The molecule has 0 aliphatic rings. The van der Waals surface area contributed by atoms with Gasteiger partial charge in [0, 0.05) is 17.5 Å². The van der Waals surface area contributed by atoms with Gasteiger partial charge in [-0.15, -0.1) is 0 Å². The van der Waals surface area contributed by atoms with Crippen LogP contribution in [0, 0.1) is 6.92 Å². The van der Waals surface area contributed by atoms with E-state index in [2.05, 4.69) is 4.98 Å². The maximum Gasteiger partial charge on any atom is 0.195 e. The third-order valence-electron chi connectivity index (χ3n) is 2.02. The summed E-state index contributed by atoms with van der Waals surface area (Å²) in [5.74, 6) is 0.761. The van der Waals surface area contributed by atoms with E-state index in [0.29, 0.717) is 0 Å². The minimum atomic E-state index is 0.728. The first kappa shape index (κ1) is 8.57. The molecule has 2 aromatic rings. The van der Waals surface area contributed by atoms with Crippen molar-refractivity contribution in [2.24, 2.45) is 0 Å². The summed E-state index contributed by atoms with van der Waals surface area (Å²) >= 11 is 5.95. The Morgan fingerprint density at radius 1 is 1.46 bits per heavy atom. The average Bonchev–Trinajstić information content (AvgIpc) is 2.48. The highest BCUT2D eigenvalue weighted by Crippen LogP contribution is 2.23. The van der Waals surface area contributed by atoms with Crippen LogP contribution in [0.5, 0.6) is 0 Å². The van der Waals surface area contributed by atoms with E-state index in [-0.39, 0.29) is 0 Å². The normalized spacial score (nSPS) is 11.0. The van der Waals surface area contributed by atoms with Crippen molar-refractivity contribution in [1.29, 1.82) is 0 Å². The van der Waals surface area contributed by atoms with E-state index in [0.717, 1.165) is 34.0 Å². The molecule has 0 saturated carbocycles. The summed E-state index contributed by atoms with van der Waals surface area (Å²) in [6, 6.07) is 3.76. The van der Waals surface area contributed by atoms with Crippen molar-refractivity contribution < 1.29 is 4.42 Å². The van der Waals surface area contributed by atoms with Crippen molar-refractivity contribution in [3.05, 3.63) is 28.6 Å². The molecule has 0 amide bonds. The van der Waals surface area contributed by atoms with E-state index in [1.807, 2.05) is 26.0 Å². The summed E-state index contributed by atoms with van der Waals surface area (Å²) in [7, 11) is 0. The van der Waals surface area contributed by atoms with Crippen LogP contribution in [0.15, 0.2) is 16.5 Å². The molecule has 0 unspecified atom stereocenters. The van der Waals surface area contributed by atoms with E-state index in [9.17, 15) is 0 Å². The number of aryl methyl sites for hydroxylation is 2. The molecule has 2 nitrogen and oxygen atoms in total. The maximum absolute atomic E-state index is 5.95. The van der Waals surface area contributed by atoms with Gasteiger partial charge in [-0.2, -0.15) is 0 Å². The van der Waals surface area contributed by atoms with Gasteiger partial charge >= 0.3 is 0 Å². The van der Waals surface area contributed by atoms with Gasteiger partial charge in [0.15, 0.2) is 11.5 Å². The molecule has 0 atom stereocenters. The van der Waals surface area contributed by atoms with Gasteiger partial charge in [-0.3, -0.25) is 0 Å². The Kier molecular flexibility index (Phi) is 2.00. The number of aromatic nitrogens is 1. The van der Waals surface area contributed by atoms with Crippen LogP contribution in [-0.4, -0.2) is 4.98 Å². The monoisotopic (exact) mass is 195 g/mol. The zero-order valence-electron chi connectivity index (χ0n) is 7.60. The van der Waals surface area contributed by atoms with Crippen LogP contribution in [-0.2, 0) is 6.42 Å². The fourth-order valence-electron chi connectivity index (χ4n) is 1.25. The Labute approximate surface area is 81.5 Å². The Bertz CT molecular complexity index is 408. The Morgan fingerprint density at radius 2 is 2.23 bits per heavy atom. The molecular formula is C10H10ClNO. The molecule has 0 aliphatic heterocycles. The molecule has 1 aromatic heterocycles. The van der Waals surface area contributed by atoms with Crippen LogP contribution < -0.4 is 0 Å². The van der Waals surface area contributed by atoms with E-state index in [4.69, 9.17) is 16.0 Å². The first-order valence-corrected chi connectivity index (χ1v) is 4.64. The van der Waals surface area contributed by atoms with Crippen molar-refractivity contribution in [2.45, 2.75) is 20.3 Å². The van der Waals surface area contributed by atoms with Gasteiger partial charge in [0.1, 0.15) is 5.52 Å². The molecule has 13 heavy (non-hydrogen) atoms. The summed E-state index contributed by atoms with van der Waals surface area (Å²) in [5.41, 5.74) is 2.69. The van der Waals surface area contributed by atoms with E-state index < -0.39 is 0 Å². The van der Waals surface area contributed by atoms with Crippen LogP contribution >= 0.6 is 11.6 Å². The Morgan fingerprint density at radius 3 is 2.92 bits per heavy atom.